The summed E-state index contributed by atoms with van der Waals surface area (Å²) < 4.78 is 1.55. The molecule has 0 bridgehead atoms. The van der Waals surface area contributed by atoms with Crippen molar-refractivity contribution in [3.63, 3.8) is 0 Å². The molecule has 8 heteroatoms. The molecule has 4 rings (SSSR count). The monoisotopic (exact) mass is 379 g/mol. The molecule has 1 fully saturated rings. The standard InChI is InChI=1S/C17H20ClN5OS/c1-11-19-17-23(20-11)16(24)15(25-17)14(12-4-3-5-13(18)10-12)22-8-6-21(2)7-9-22/h3-5,10,14,24H,6-9H2,1-2H3/p+2/t14-/m1/s1. The first-order valence-electron chi connectivity index (χ1n) is 8.49. The second kappa shape index (κ2) is 6.57. The van der Waals surface area contributed by atoms with Crippen LogP contribution in [0.15, 0.2) is 24.3 Å². The van der Waals surface area contributed by atoms with Gasteiger partial charge in [0.25, 0.3) is 0 Å². The van der Waals surface area contributed by atoms with Crippen LogP contribution in [0.5, 0.6) is 5.88 Å². The summed E-state index contributed by atoms with van der Waals surface area (Å²) in [5, 5.41) is 15.8. The number of rotatable bonds is 3. The van der Waals surface area contributed by atoms with Crippen LogP contribution in [-0.4, -0.2) is 52.9 Å². The molecule has 3 N–H and O–H groups in total. The number of quaternary nitrogens is 2. The van der Waals surface area contributed by atoms with E-state index in [1.54, 1.807) is 9.42 Å². The average Bonchev–Trinajstić information content (AvgIpc) is 3.08. The molecule has 25 heavy (non-hydrogen) atoms. The van der Waals surface area contributed by atoms with Crippen LogP contribution in [0.1, 0.15) is 22.3 Å². The first-order chi connectivity index (χ1) is 12.0. The summed E-state index contributed by atoms with van der Waals surface area (Å²) in [5.41, 5.74) is 1.12. The zero-order valence-electron chi connectivity index (χ0n) is 14.3. The van der Waals surface area contributed by atoms with Crippen LogP contribution >= 0.6 is 22.9 Å². The minimum Gasteiger partial charge on any atom is -0.492 e. The molecule has 1 atom stereocenters. The van der Waals surface area contributed by atoms with Gasteiger partial charge in [0.2, 0.25) is 10.8 Å². The Kier molecular flexibility index (Phi) is 4.41. The van der Waals surface area contributed by atoms with Gasteiger partial charge < -0.3 is 14.9 Å². The highest BCUT2D eigenvalue weighted by atomic mass is 35.5. The molecule has 0 aliphatic carbocycles. The van der Waals surface area contributed by atoms with Gasteiger partial charge in [-0.2, -0.15) is 4.52 Å². The fourth-order valence-electron chi connectivity index (χ4n) is 3.58. The largest absolute Gasteiger partial charge is 0.492 e. The van der Waals surface area contributed by atoms with E-state index in [2.05, 4.69) is 23.2 Å². The van der Waals surface area contributed by atoms with Crippen LogP contribution in [0.3, 0.4) is 0 Å². The topological polar surface area (TPSA) is 59.3 Å². The Morgan fingerprint density at radius 3 is 2.72 bits per heavy atom. The minimum atomic E-state index is 0.0422. The first kappa shape index (κ1) is 16.8. The van der Waals surface area contributed by atoms with Crippen molar-refractivity contribution in [2.45, 2.75) is 13.0 Å². The van der Waals surface area contributed by atoms with Gasteiger partial charge in [-0.25, -0.2) is 4.98 Å². The molecule has 3 aromatic rings. The van der Waals surface area contributed by atoms with Gasteiger partial charge in [0, 0.05) is 10.6 Å². The van der Waals surface area contributed by atoms with E-state index in [9.17, 15) is 5.11 Å². The number of nitrogens with zero attached hydrogens (tertiary/aromatic N) is 3. The van der Waals surface area contributed by atoms with Crippen LogP contribution in [0.4, 0.5) is 0 Å². The minimum absolute atomic E-state index is 0.0422. The first-order valence-corrected chi connectivity index (χ1v) is 9.68. The summed E-state index contributed by atoms with van der Waals surface area (Å²) in [6, 6.07) is 8.00. The summed E-state index contributed by atoms with van der Waals surface area (Å²) >= 11 is 7.77. The number of aromatic nitrogens is 3. The Morgan fingerprint density at radius 2 is 2.04 bits per heavy atom. The van der Waals surface area contributed by atoms with Crippen molar-refractivity contribution >= 4 is 27.9 Å². The maximum atomic E-state index is 10.8. The van der Waals surface area contributed by atoms with Crippen molar-refractivity contribution in [1.29, 1.82) is 0 Å². The number of aryl methyl sites for hydroxylation is 1. The fraction of sp³-hybridized carbons (Fsp3) is 0.412. The predicted molar refractivity (Wildman–Crippen MR) is 97.9 cm³/mol. The van der Waals surface area contributed by atoms with Gasteiger partial charge >= 0.3 is 0 Å². The molecule has 0 spiro atoms. The molecule has 0 saturated carbocycles. The number of fused-ring (bicyclic) bond motifs is 1. The van der Waals surface area contributed by atoms with E-state index in [4.69, 9.17) is 11.6 Å². The highest BCUT2D eigenvalue weighted by Gasteiger charge is 2.35. The van der Waals surface area contributed by atoms with Gasteiger partial charge in [-0.1, -0.05) is 35.1 Å². The van der Waals surface area contributed by atoms with Crippen molar-refractivity contribution in [2.75, 3.05) is 33.2 Å². The van der Waals surface area contributed by atoms with Crippen LogP contribution in [-0.2, 0) is 0 Å². The zero-order chi connectivity index (χ0) is 17.6. The summed E-state index contributed by atoms with van der Waals surface area (Å²) in [4.78, 5) is 9.06. The fourth-order valence-corrected chi connectivity index (χ4v) is 4.97. The van der Waals surface area contributed by atoms with E-state index in [1.807, 2.05) is 25.1 Å². The van der Waals surface area contributed by atoms with E-state index in [1.165, 1.54) is 16.2 Å². The summed E-state index contributed by atoms with van der Waals surface area (Å²) in [7, 11) is 2.23. The molecule has 132 valence electrons. The SMILES string of the molecule is Cc1nc2sc([C@@H](c3cccc(Cl)c3)[NH+]3CC[NH+](C)CC3)c(O)n2n1. The second-order valence-electron chi connectivity index (χ2n) is 6.75. The lowest BCUT2D eigenvalue weighted by atomic mass is 10.0. The van der Waals surface area contributed by atoms with Gasteiger partial charge in [0.1, 0.15) is 36.9 Å². The maximum absolute atomic E-state index is 10.8. The Morgan fingerprint density at radius 1 is 1.28 bits per heavy atom. The molecule has 6 nitrogen and oxygen atoms in total. The number of benzene rings is 1. The van der Waals surface area contributed by atoms with Crippen molar-refractivity contribution in [2.24, 2.45) is 0 Å². The van der Waals surface area contributed by atoms with E-state index < -0.39 is 0 Å². The predicted octanol–water partition coefficient (Wildman–Crippen LogP) is -0.0392. The van der Waals surface area contributed by atoms with E-state index in [0.29, 0.717) is 5.82 Å². The number of hydrogen-bond acceptors (Lipinski definition) is 4. The highest BCUT2D eigenvalue weighted by molar-refractivity contribution is 7.17. The Hall–Kier alpha value is -1.67. The summed E-state index contributed by atoms with van der Waals surface area (Å²) in [5.74, 6) is 0.868. The third-order valence-electron chi connectivity index (χ3n) is 4.90. The molecule has 0 amide bonds. The number of likely N-dealkylation sites (N-methyl/N-ethyl adjacent to an activating group) is 1. The van der Waals surface area contributed by atoms with Crippen LogP contribution in [0.25, 0.3) is 4.96 Å². The number of piperazine rings is 1. The maximum Gasteiger partial charge on any atom is 0.235 e. The highest BCUT2D eigenvalue weighted by Crippen LogP contribution is 2.35. The molecule has 1 saturated heterocycles. The van der Waals surface area contributed by atoms with Gasteiger partial charge in [0.15, 0.2) is 6.04 Å². The molecule has 3 heterocycles. The normalized spacial score (nSPS) is 22.4. The average molecular weight is 380 g/mol. The van der Waals surface area contributed by atoms with Crippen LogP contribution in [0.2, 0.25) is 5.02 Å². The molecular weight excluding hydrogens is 358 g/mol. The molecule has 1 aromatic carbocycles. The number of thiazole rings is 1. The lowest BCUT2D eigenvalue weighted by molar-refractivity contribution is -1.02. The summed E-state index contributed by atoms with van der Waals surface area (Å²) in [6.45, 7) is 6.17. The Bertz CT molecular complexity index is 900. The van der Waals surface area contributed by atoms with E-state index in [-0.39, 0.29) is 11.9 Å². The van der Waals surface area contributed by atoms with Crippen molar-refractivity contribution in [3.05, 3.63) is 45.6 Å². The van der Waals surface area contributed by atoms with E-state index in [0.717, 1.165) is 46.6 Å². The van der Waals surface area contributed by atoms with Gasteiger partial charge in [-0.05, 0) is 19.1 Å². The third kappa shape index (κ3) is 3.13. The van der Waals surface area contributed by atoms with Gasteiger partial charge in [0.05, 0.1) is 7.05 Å². The number of nitrogens with one attached hydrogen (secondary N) is 2. The lowest BCUT2D eigenvalue weighted by Crippen LogP contribution is -3.27. The third-order valence-corrected chi connectivity index (χ3v) is 6.22. The van der Waals surface area contributed by atoms with Crippen molar-refractivity contribution < 1.29 is 14.9 Å². The van der Waals surface area contributed by atoms with Crippen LogP contribution in [0, 0.1) is 6.92 Å². The lowest BCUT2D eigenvalue weighted by Gasteiger charge is -2.33. The summed E-state index contributed by atoms with van der Waals surface area (Å²) in [6.07, 6.45) is 0. The smallest absolute Gasteiger partial charge is 0.235 e. The number of hydrogen-bond donors (Lipinski definition) is 3. The number of halogens is 1. The number of aromatic hydroxyl groups is 1. The van der Waals surface area contributed by atoms with Crippen LogP contribution < -0.4 is 9.80 Å². The Balaban J connectivity index is 1.81. The van der Waals surface area contributed by atoms with Crippen molar-refractivity contribution in [3.8, 4) is 5.88 Å². The van der Waals surface area contributed by atoms with Crippen molar-refractivity contribution in [1.82, 2.24) is 14.6 Å². The molecule has 0 unspecified atom stereocenters. The molecule has 2 aromatic heterocycles. The quantitative estimate of drug-likeness (QED) is 0.598. The zero-order valence-corrected chi connectivity index (χ0v) is 15.9. The molecule has 1 aliphatic rings. The molecule has 0 radical (unpaired) electrons. The Labute approximate surface area is 155 Å². The molecule has 1 aliphatic heterocycles. The second-order valence-corrected chi connectivity index (χ2v) is 8.19. The van der Waals surface area contributed by atoms with Gasteiger partial charge in [-0.3, -0.25) is 0 Å². The molecular formula is C17H22ClN5OS+2. The van der Waals surface area contributed by atoms with E-state index >= 15 is 0 Å². The van der Waals surface area contributed by atoms with Gasteiger partial charge in [-0.15, -0.1) is 5.10 Å².